The van der Waals surface area contributed by atoms with E-state index in [4.69, 9.17) is 5.26 Å². The van der Waals surface area contributed by atoms with Crippen molar-refractivity contribution in [2.24, 2.45) is 0 Å². The van der Waals surface area contributed by atoms with Crippen molar-refractivity contribution in [2.75, 3.05) is 18.0 Å². The first-order valence-electron chi connectivity index (χ1n) is 4.34. The molecule has 1 fully saturated rings. The Bertz CT molecular complexity index is 321. The summed E-state index contributed by atoms with van der Waals surface area (Å²) < 4.78 is 4.22. The molecule has 0 saturated carbocycles. The maximum atomic E-state index is 8.47. The summed E-state index contributed by atoms with van der Waals surface area (Å²) in [4.78, 5) is 6.47. The second-order valence-electron chi connectivity index (χ2n) is 3.02. The molecule has 2 rings (SSSR count). The van der Waals surface area contributed by atoms with Crippen LogP contribution in [0.4, 0.5) is 5.95 Å². The molecule has 68 valence electrons. The van der Waals surface area contributed by atoms with Crippen molar-refractivity contribution in [3.05, 3.63) is 5.01 Å². The van der Waals surface area contributed by atoms with Gasteiger partial charge in [-0.2, -0.15) is 9.64 Å². The highest BCUT2D eigenvalue weighted by molar-refractivity contribution is 7.05. The number of rotatable bonds is 2. The van der Waals surface area contributed by atoms with Crippen molar-refractivity contribution in [1.29, 1.82) is 5.26 Å². The van der Waals surface area contributed by atoms with Gasteiger partial charge in [0.2, 0.25) is 5.95 Å². The lowest BCUT2D eigenvalue weighted by atomic mass is 10.4. The smallest absolute Gasteiger partial charge is 0.237 e. The third-order valence-corrected chi connectivity index (χ3v) is 2.78. The van der Waals surface area contributed by atoms with Crippen LogP contribution in [-0.2, 0) is 6.42 Å². The van der Waals surface area contributed by atoms with Crippen molar-refractivity contribution < 1.29 is 0 Å². The Morgan fingerprint density at radius 3 is 2.92 bits per heavy atom. The van der Waals surface area contributed by atoms with E-state index in [9.17, 15) is 0 Å². The summed E-state index contributed by atoms with van der Waals surface area (Å²) in [6.07, 6.45) is 2.84. The molecule has 1 saturated heterocycles. The van der Waals surface area contributed by atoms with E-state index in [0.717, 1.165) is 24.0 Å². The maximum absolute atomic E-state index is 8.47. The molecule has 0 atom stereocenters. The Morgan fingerprint density at radius 2 is 2.23 bits per heavy atom. The molecule has 1 aliphatic rings. The highest BCUT2D eigenvalue weighted by atomic mass is 32.1. The van der Waals surface area contributed by atoms with E-state index in [1.165, 1.54) is 24.4 Å². The second kappa shape index (κ2) is 3.71. The molecule has 0 bridgehead atoms. The Hall–Kier alpha value is -1.15. The van der Waals surface area contributed by atoms with Crippen LogP contribution in [-0.4, -0.2) is 22.4 Å². The van der Waals surface area contributed by atoms with Crippen LogP contribution in [0.25, 0.3) is 0 Å². The molecule has 0 amide bonds. The van der Waals surface area contributed by atoms with Crippen molar-refractivity contribution in [3.8, 4) is 6.07 Å². The Morgan fingerprint density at radius 1 is 1.46 bits per heavy atom. The average Bonchev–Trinajstić information content (AvgIpc) is 2.70. The fourth-order valence-corrected chi connectivity index (χ4v) is 2.03. The number of aromatic nitrogens is 2. The highest BCUT2D eigenvalue weighted by Crippen LogP contribution is 2.18. The number of nitriles is 1. The summed E-state index contributed by atoms with van der Waals surface area (Å²) in [5.74, 6) is 0.813. The van der Waals surface area contributed by atoms with Gasteiger partial charge in [0.25, 0.3) is 0 Å². The molecular formula is C8H10N4S. The van der Waals surface area contributed by atoms with Gasteiger partial charge < -0.3 is 4.90 Å². The van der Waals surface area contributed by atoms with Crippen LogP contribution in [0.2, 0.25) is 0 Å². The summed E-state index contributed by atoms with van der Waals surface area (Å²) in [7, 11) is 0. The molecule has 0 aromatic carbocycles. The quantitative estimate of drug-likeness (QED) is 0.710. The standard InChI is InChI=1S/C8H10N4S/c9-4-3-7-10-8(11-13-7)12-5-1-2-6-12/h1-3,5-6H2. The fourth-order valence-electron chi connectivity index (χ4n) is 1.43. The Balaban J connectivity index is 2.08. The first kappa shape index (κ1) is 8.45. The van der Waals surface area contributed by atoms with Crippen LogP contribution in [0, 0.1) is 11.3 Å². The largest absolute Gasteiger partial charge is 0.340 e. The number of nitrogens with zero attached hydrogens (tertiary/aromatic N) is 4. The molecule has 1 aromatic rings. The van der Waals surface area contributed by atoms with E-state index in [0.29, 0.717) is 6.42 Å². The summed E-state index contributed by atoms with van der Waals surface area (Å²) in [6.45, 7) is 2.12. The van der Waals surface area contributed by atoms with Crippen LogP contribution in [0.1, 0.15) is 17.8 Å². The highest BCUT2D eigenvalue weighted by Gasteiger charge is 2.16. The third-order valence-electron chi connectivity index (χ3n) is 2.08. The van der Waals surface area contributed by atoms with E-state index >= 15 is 0 Å². The van der Waals surface area contributed by atoms with Gasteiger partial charge in [0.15, 0.2) is 0 Å². The molecule has 1 aromatic heterocycles. The summed E-state index contributed by atoms with van der Waals surface area (Å²) in [5.41, 5.74) is 0. The van der Waals surface area contributed by atoms with Crippen molar-refractivity contribution in [2.45, 2.75) is 19.3 Å². The molecule has 0 radical (unpaired) electrons. The molecule has 0 N–H and O–H groups in total. The SMILES string of the molecule is N#CCc1nc(N2CCCC2)ns1. The minimum Gasteiger partial charge on any atom is -0.340 e. The fraction of sp³-hybridized carbons (Fsp3) is 0.625. The van der Waals surface area contributed by atoms with Crippen LogP contribution in [0.5, 0.6) is 0 Å². The Kier molecular flexibility index (Phi) is 2.41. The van der Waals surface area contributed by atoms with E-state index in [-0.39, 0.29) is 0 Å². The van der Waals surface area contributed by atoms with Gasteiger partial charge in [-0.1, -0.05) is 0 Å². The average molecular weight is 194 g/mol. The molecule has 0 aliphatic carbocycles. The van der Waals surface area contributed by atoms with Crippen LogP contribution < -0.4 is 4.90 Å². The minimum atomic E-state index is 0.380. The predicted molar refractivity (Wildman–Crippen MR) is 50.7 cm³/mol. The molecule has 1 aliphatic heterocycles. The van der Waals surface area contributed by atoms with Crippen molar-refractivity contribution >= 4 is 17.5 Å². The minimum absolute atomic E-state index is 0.380. The molecule has 4 nitrogen and oxygen atoms in total. The lowest BCUT2D eigenvalue weighted by Gasteiger charge is -2.10. The van der Waals surface area contributed by atoms with Gasteiger partial charge in [-0.3, -0.25) is 0 Å². The number of hydrogen-bond donors (Lipinski definition) is 0. The Labute approximate surface area is 81.0 Å². The molecule has 0 unspecified atom stereocenters. The van der Waals surface area contributed by atoms with Crippen LogP contribution in [0.3, 0.4) is 0 Å². The summed E-state index contributed by atoms with van der Waals surface area (Å²) >= 11 is 1.34. The van der Waals surface area contributed by atoms with Crippen LogP contribution in [0.15, 0.2) is 0 Å². The first-order valence-corrected chi connectivity index (χ1v) is 5.12. The zero-order valence-corrected chi connectivity index (χ0v) is 8.05. The molecule has 0 spiro atoms. The lowest BCUT2D eigenvalue weighted by molar-refractivity contribution is 0.915. The summed E-state index contributed by atoms with van der Waals surface area (Å²) in [6, 6.07) is 2.08. The van der Waals surface area contributed by atoms with Gasteiger partial charge in [0.1, 0.15) is 5.01 Å². The van der Waals surface area contributed by atoms with Gasteiger partial charge in [-0.05, 0) is 24.4 Å². The predicted octanol–water partition coefficient (Wildman–Crippen LogP) is 1.20. The number of anilines is 1. The third kappa shape index (κ3) is 1.78. The van der Waals surface area contributed by atoms with Gasteiger partial charge in [0, 0.05) is 13.1 Å². The summed E-state index contributed by atoms with van der Waals surface area (Å²) in [5, 5.41) is 9.29. The first-order chi connectivity index (χ1) is 6.40. The number of hydrogen-bond acceptors (Lipinski definition) is 5. The zero-order valence-electron chi connectivity index (χ0n) is 7.23. The molecule has 13 heavy (non-hydrogen) atoms. The monoisotopic (exact) mass is 194 g/mol. The van der Waals surface area contributed by atoms with E-state index in [1.54, 1.807) is 0 Å². The van der Waals surface area contributed by atoms with Gasteiger partial charge in [-0.25, -0.2) is 4.98 Å². The second-order valence-corrected chi connectivity index (χ2v) is 3.85. The normalized spacial score (nSPS) is 16.1. The topological polar surface area (TPSA) is 52.8 Å². The van der Waals surface area contributed by atoms with Crippen LogP contribution >= 0.6 is 11.5 Å². The maximum Gasteiger partial charge on any atom is 0.237 e. The van der Waals surface area contributed by atoms with E-state index in [1.807, 2.05) is 0 Å². The molecular weight excluding hydrogens is 184 g/mol. The van der Waals surface area contributed by atoms with E-state index < -0.39 is 0 Å². The van der Waals surface area contributed by atoms with Gasteiger partial charge >= 0.3 is 0 Å². The molecule has 2 heterocycles. The molecule has 5 heteroatoms. The van der Waals surface area contributed by atoms with E-state index in [2.05, 4.69) is 20.3 Å². The van der Waals surface area contributed by atoms with Crippen molar-refractivity contribution in [1.82, 2.24) is 9.36 Å². The lowest BCUT2D eigenvalue weighted by Crippen LogP contribution is -2.18. The van der Waals surface area contributed by atoms with Gasteiger partial charge in [0.05, 0.1) is 12.5 Å². The van der Waals surface area contributed by atoms with Gasteiger partial charge in [-0.15, -0.1) is 0 Å². The zero-order chi connectivity index (χ0) is 9.10. The van der Waals surface area contributed by atoms with Crippen molar-refractivity contribution in [3.63, 3.8) is 0 Å².